The zero-order chi connectivity index (χ0) is 18.0. The summed E-state index contributed by atoms with van der Waals surface area (Å²) in [6.45, 7) is 7.99. The average Bonchev–Trinajstić information content (AvgIpc) is 2.61. The fourth-order valence-corrected chi connectivity index (χ4v) is 3.84. The molecule has 2 rings (SSSR count). The number of ether oxygens (including phenoxy) is 1. The second-order valence-corrected chi connectivity index (χ2v) is 7.70. The second kappa shape index (κ2) is 10.4. The van der Waals surface area contributed by atoms with Crippen LogP contribution in [-0.4, -0.2) is 25.7 Å². The molecule has 1 aromatic rings. The first-order chi connectivity index (χ1) is 12.1. The molecule has 0 radical (unpaired) electrons. The molecule has 1 fully saturated rings. The Hall–Kier alpha value is -1.55. The van der Waals surface area contributed by atoms with E-state index in [2.05, 4.69) is 24.5 Å². The Bertz CT molecular complexity index is 498. The summed E-state index contributed by atoms with van der Waals surface area (Å²) in [6.07, 6.45) is 6.97. The Morgan fingerprint density at radius 3 is 2.64 bits per heavy atom. The van der Waals surface area contributed by atoms with Gasteiger partial charge in [0.05, 0.1) is 0 Å². The number of carbonyl (C=O) groups is 1. The van der Waals surface area contributed by atoms with Gasteiger partial charge in [-0.25, -0.2) is 4.79 Å². The van der Waals surface area contributed by atoms with Crippen LogP contribution in [0, 0.1) is 11.3 Å². The van der Waals surface area contributed by atoms with E-state index < -0.39 is 0 Å². The number of hydrogen-bond acceptors (Lipinski definition) is 3. The van der Waals surface area contributed by atoms with Crippen LogP contribution in [0.4, 0.5) is 4.79 Å². The van der Waals surface area contributed by atoms with Gasteiger partial charge in [-0.05, 0) is 55.7 Å². The van der Waals surface area contributed by atoms with Crippen LogP contribution in [0.3, 0.4) is 0 Å². The van der Waals surface area contributed by atoms with Crippen LogP contribution in [0.15, 0.2) is 30.3 Å². The maximum absolute atomic E-state index is 11.9. The lowest BCUT2D eigenvalue weighted by Gasteiger charge is -2.37. The van der Waals surface area contributed by atoms with Crippen LogP contribution < -0.4 is 10.6 Å². The molecule has 1 unspecified atom stereocenters. The predicted octanol–water partition coefficient (Wildman–Crippen LogP) is 4.50. The summed E-state index contributed by atoms with van der Waals surface area (Å²) in [5.74, 6) is 0.683. The molecule has 1 aromatic carbocycles. The van der Waals surface area contributed by atoms with Crippen molar-refractivity contribution in [1.29, 1.82) is 0 Å². The average molecular weight is 347 g/mol. The zero-order valence-electron chi connectivity index (χ0n) is 15.9. The molecular formula is C21H34N2O2. The molecule has 4 heteroatoms. The van der Waals surface area contributed by atoms with Crippen LogP contribution in [0.1, 0.15) is 57.9 Å². The number of piperidine rings is 1. The van der Waals surface area contributed by atoms with Gasteiger partial charge >= 0.3 is 6.09 Å². The van der Waals surface area contributed by atoms with Crippen molar-refractivity contribution < 1.29 is 9.53 Å². The van der Waals surface area contributed by atoms with Gasteiger partial charge in [-0.3, -0.25) is 0 Å². The minimum Gasteiger partial charge on any atom is -0.445 e. The predicted molar refractivity (Wildman–Crippen MR) is 102 cm³/mol. The first kappa shape index (κ1) is 19.8. The smallest absolute Gasteiger partial charge is 0.407 e. The maximum atomic E-state index is 11.9. The third-order valence-corrected chi connectivity index (χ3v) is 5.32. The normalized spacial score (nSPS) is 17.7. The standard InChI is InChI=1S/C21H34N2O2/c1-3-7-18(16-21(2)11-14-22-15-12-21)10-13-23-20(24)25-17-19-8-5-4-6-9-19/h4-6,8-9,18,22H,3,7,10-17H2,1-2H3,(H,23,24). The van der Waals surface area contributed by atoms with Crippen molar-refractivity contribution in [2.75, 3.05) is 19.6 Å². The van der Waals surface area contributed by atoms with Crippen molar-refractivity contribution in [2.45, 2.75) is 59.0 Å². The lowest BCUT2D eigenvalue weighted by atomic mass is 9.72. The highest BCUT2D eigenvalue weighted by atomic mass is 16.5. The molecule has 0 aromatic heterocycles. The highest BCUT2D eigenvalue weighted by Gasteiger charge is 2.29. The Labute approximate surface area is 152 Å². The first-order valence-corrected chi connectivity index (χ1v) is 9.76. The van der Waals surface area contributed by atoms with E-state index >= 15 is 0 Å². The van der Waals surface area contributed by atoms with Gasteiger partial charge in [0.25, 0.3) is 0 Å². The van der Waals surface area contributed by atoms with Crippen LogP contribution in [-0.2, 0) is 11.3 Å². The highest BCUT2D eigenvalue weighted by Crippen LogP contribution is 2.37. The SMILES string of the molecule is CCCC(CCNC(=O)OCc1ccccc1)CC1(C)CCNCC1. The quantitative estimate of drug-likeness (QED) is 0.692. The minimum absolute atomic E-state index is 0.313. The van der Waals surface area contributed by atoms with Gasteiger partial charge in [-0.2, -0.15) is 0 Å². The Morgan fingerprint density at radius 2 is 1.96 bits per heavy atom. The molecule has 1 aliphatic rings. The lowest BCUT2D eigenvalue weighted by molar-refractivity contribution is 0.136. The molecule has 25 heavy (non-hydrogen) atoms. The number of carbonyl (C=O) groups excluding carboxylic acids is 1. The third kappa shape index (κ3) is 7.47. The highest BCUT2D eigenvalue weighted by molar-refractivity contribution is 5.67. The van der Waals surface area contributed by atoms with Gasteiger partial charge in [-0.15, -0.1) is 0 Å². The Kier molecular flexibility index (Phi) is 8.26. The van der Waals surface area contributed by atoms with Crippen LogP contribution >= 0.6 is 0 Å². The molecule has 4 nitrogen and oxygen atoms in total. The Balaban J connectivity index is 1.68. The molecule has 1 saturated heterocycles. The Morgan fingerprint density at radius 1 is 1.24 bits per heavy atom. The van der Waals surface area contributed by atoms with Crippen LogP contribution in [0.2, 0.25) is 0 Å². The summed E-state index contributed by atoms with van der Waals surface area (Å²) < 4.78 is 5.28. The second-order valence-electron chi connectivity index (χ2n) is 7.70. The van der Waals surface area contributed by atoms with Gasteiger partial charge in [0, 0.05) is 6.54 Å². The van der Waals surface area contributed by atoms with Crippen molar-refractivity contribution in [2.24, 2.45) is 11.3 Å². The molecule has 0 spiro atoms. The van der Waals surface area contributed by atoms with Crippen molar-refractivity contribution in [3.8, 4) is 0 Å². The largest absolute Gasteiger partial charge is 0.445 e. The molecule has 1 atom stereocenters. The molecule has 0 aliphatic carbocycles. The van der Waals surface area contributed by atoms with E-state index in [9.17, 15) is 4.79 Å². The van der Waals surface area contributed by atoms with Gasteiger partial charge < -0.3 is 15.4 Å². The van der Waals surface area contributed by atoms with Crippen LogP contribution in [0.5, 0.6) is 0 Å². The molecular weight excluding hydrogens is 312 g/mol. The number of alkyl carbamates (subject to hydrolysis) is 1. The van der Waals surface area contributed by atoms with Crippen LogP contribution in [0.25, 0.3) is 0 Å². The molecule has 140 valence electrons. The summed E-state index contributed by atoms with van der Waals surface area (Å²) >= 11 is 0. The zero-order valence-corrected chi connectivity index (χ0v) is 15.9. The molecule has 2 N–H and O–H groups in total. The van der Waals surface area contributed by atoms with E-state index in [0.717, 1.165) is 25.1 Å². The topological polar surface area (TPSA) is 50.4 Å². The monoisotopic (exact) mass is 346 g/mol. The van der Waals surface area contributed by atoms with E-state index in [4.69, 9.17) is 4.74 Å². The third-order valence-electron chi connectivity index (χ3n) is 5.32. The van der Waals surface area contributed by atoms with Crippen molar-refractivity contribution in [1.82, 2.24) is 10.6 Å². The number of nitrogens with one attached hydrogen (secondary N) is 2. The molecule has 1 heterocycles. The number of amides is 1. The van der Waals surface area contributed by atoms with Gasteiger partial charge in [0.2, 0.25) is 0 Å². The summed E-state index contributed by atoms with van der Waals surface area (Å²) in [5.41, 5.74) is 1.47. The number of hydrogen-bond donors (Lipinski definition) is 2. The van der Waals surface area contributed by atoms with Gasteiger partial charge in [-0.1, -0.05) is 57.0 Å². The van der Waals surface area contributed by atoms with E-state index in [1.165, 1.54) is 32.1 Å². The maximum Gasteiger partial charge on any atom is 0.407 e. The van der Waals surface area contributed by atoms with Crippen molar-refractivity contribution >= 4 is 6.09 Å². The van der Waals surface area contributed by atoms with Crippen molar-refractivity contribution in [3.05, 3.63) is 35.9 Å². The molecule has 1 amide bonds. The number of rotatable bonds is 9. The summed E-state index contributed by atoms with van der Waals surface area (Å²) in [5, 5.41) is 6.38. The summed E-state index contributed by atoms with van der Waals surface area (Å²) in [7, 11) is 0. The summed E-state index contributed by atoms with van der Waals surface area (Å²) in [4.78, 5) is 11.9. The minimum atomic E-state index is -0.313. The van der Waals surface area contributed by atoms with E-state index in [-0.39, 0.29) is 6.09 Å². The summed E-state index contributed by atoms with van der Waals surface area (Å²) in [6, 6.07) is 9.79. The van der Waals surface area contributed by atoms with Crippen molar-refractivity contribution in [3.63, 3.8) is 0 Å². The van der Waals surface area contributed by atoms with Gasteiger partial charge in [0.15, 0.2) is 0 Å². The lowest BCUT2D eigenvalue weighted by Crippen LogP contribution is -2.36. The molecule has 0 bridgehead atoms. The fraction of sp³-hybridized carbons (Fsp3) is 0.667. The van der Waals surface area contributed by atoms with E-state index in [1.807, 2.05) is 30.3 Å². The van der Waals surface area contributed by atoms with E-state index in [1.54, 1.807) is 0 Å². The number of benzene rings is 1. The van der Waals surface area contributed by atoms with E-state index in [0.29, 0.717) is 24.5 Å². The first-order valence-electron chi connectivity index (χ1n) is 9.76. The fourth-order valence-electron chi connectivity index (χ4n) is 3.84. The molecule has 1 aliphatic heterocycles. The molecule has 0 saturated carbocycles. The van der Waals surface area contributed by atoms with Gasteiger partial charge in [0.1, 0.15) is 6.61 Å².